The first-order chi connectivity index (χ1) is 22.3. The monoisotopic (exact) mass is 572 g/mol. The molecule has 0 aliphatic carbocycles. The molecule has 0 fully saturated rings. The van der Waals surface area contributed by atoms with Gasteiger partial charge in [0.15, 0.2) is 0 Å². The fourth-order valence-corrected chi connectivity index (χ4v) is 7.25. The van der Waals surface area contributed by atoms with Gasteiger partial charge in [0.05, 0.1) is 16.7 Å². The summed E-state index contributed by atoms with van der Waals surface area (Å²) < 4.78 is 6.36. The second kappa shape index (κ2) is 9.22. The van der Waals surface area contributed by atoms with E-state index in [4.69, 9.17) is 14.4 Å². The van der Waals surface area contributed by atoms with Crippen molar-refractivity contribution in [2.75, 3.05) is 0 Å². The first kappa shape index (κ1) is 24.4. The fourth-order valence-electron chi connectivity index (χ4n) is 7.25. The van der Waals surface area contributed by atoms with E-state index >= 15 is 0 Å². The van der Waals surface area contributed by atoms with Crippen molar-refractivity contribution >= 4 is 76.1 Å². The largest absolute Gasteiger partial charge is 0.455 e. The molecule has 0 aliphatic heterocycles. The van der Waals surface area contributed by atoms with Gasteiger partial charge in [-0.2, -0.15) is 0 Å². The van der Waals surface area contributed by atoms with Crippen molar-refractivity contribution in [2.24, 2.45) is 0 Å². The van der Waals surface area contributed by atoms with Crippen molar-refractivity contribution in [3.8, 4) is 22.4 Å². The Labute approximate surface area is 258 Å². The van der Waals surface area contributed by atoms with Crippen molar-refractivity contribution in [1.82, 2.24) is 9.97 Å². The number of rotatable bonds is 2. The summed E-state index contributed by atoms with van der Waals surface area (Å²) in [7, 11) is 0. The van der Waals surface area contributed by atoms with Gasteiger partial charge in [0.25, 0.3) is 0 Å². The van der Waals surface area contributed by atoms with E-state index in [2.05, 4.69) is 121 Å². The molecule has 0 unspecified atom stereocenters. The van der Waals surface area contributed by atoms with Crippen molar-refractivity contribution in [3.05, 3.63) is 146 Å². The third-order valence-corrected chi connectivity index (χ3v) is 9.27. The molecule has 45 heavy (non-hydrogen) atoms. The SMILES string of the molecule is c1cnc2c(c1)ccc1ccc(-c3c4ccccc4c(-c4ccc5c(ccc6c7ccccc7oc56)c4)c4ccccc34)nc12. The molecule has 208 valence electrons. The maximum atomic E-state index is 6.36. The van der Waals surface area contributed by atoms with E-state index in [9.17, 15) is 0 Å². The minimum absolute atomic E-state index is 0.919. The Morgan fingerprint density at radius 3 is 1.82 bits per heavy atom. The second-order valence-electron chi connectivity index (χ2n) is 11.7. The molecule has 10 aromatic rings. The van der Waals surface area contributed by atoms with Gasteiger partial charge >= 0.3 is 0 Å². The summed E-state index contributed by atoms with van der Waals surface area (Å²) >= 11 is 0. The number of pyridine rings is 2. The zero-order chi connectivity index (χ0) is 29.5. The van der Waals surface area contributed by atoms with Crippen LogP contribution in [0.5, 0.6) is 0 Å². The van der Waals surface area contributed by atoms with Crippen molar-refractivity contribution in [3.63, 3.8) is 0 Å². The van der Waals surface area contributed by atoms with Gasteiger partial charge in [0.2, 0.25) is 0 Å². The number of aromatic nitrogens is 2. The average molecular weight is 573 g/mol. The molecular formula is C42H24N2O. The van der Waals surface area contributed by atoms with Crippen molar-refractivity contribution < 1.29 is 4.42 Å². The van der Waals surface area contributed by atoms with Crippen LogP contribution in [0.3, 0.4) is 0 Å². The molecule has 0 N–H and O–H groups in total. The van der Waals surface area contributed by atoms with Gasteiger partial charge in [0.1, 0.15) is 11.2 Å². The highest BCUT2D eigenvalue weighted by molar-refractivity contribution is 6.22. The van der Waals surface area contributed by atoms with E-state index in [1.807, 2.05) is 24.4 Å². The minimum Gasteiger partial charge on any atom is -0.455 e. The third kappa shape index (κ3) is 3.52. The van der Waals surface area contributed by atoms with Crippen LogP contribution in [0.15, 0.2) is 150 Å². The van der Waals surface area contributed by atoms with Crippen LogP contribution < -0.4 is 0 Å². The molecule has 10 rings (SSSR count). The number of hydrogen-bond acceptors (Lipinski definition) is 3. The third-order valence-electron chi connectivity index (χ3n) is 9.27. The van der Waals surface area contributed by atoms with Crippen LogP contribution in [0.1, 0.15) is 0 Å². The summed E-state index contributed by atoms with van der Waals surface area (Å²) in [5.41, 5.74) is 8.21. The summed E-state index contributed by atoms with van der Waals surface area (Å²) in [6, 6.07) is 49.6. The molecular weight excluding hydrogens is 548 g/mol. The lowest BCUT2D eigenvalue weighted by Crippen LogP contribution is -1.93. The van der Waals surface area contributed by atoms with Crippen LogP contribution >= 0.6 is 0 Å². The Hall–Kier alpha value is -6.06. The number of nitrogens with zero attached hydrogens (tertiary/aromatic N) is 2. The molecule has 0 bridgehead atoms. The lowest BCUT2D eigenvalue weighted by atomic mass is 9.86. The summed E-state index contributed by atoms with van der Waals surface area (Å²) in [5.74, 6) is 0. The molecule has 0 saturated heterocycles. The van der Waals surface area contributed by atoms with E-state index in [0.29, 0.717) is 0 Å². The predicted molar refractivity (Wildman–Crippen MR) is 188 cm³/mol. The molecule has 3 nitrogen and oxygen atoms in total. The van der Waals surface area contributed by atoms with Gasteiger partial charge in [-0.3, -0.25) is 4.98 Å². The number of furan rings is 1. The number of fused-ring (bicyclic) bond motifs is 10. The predicted octanol–water partition coefficient (Wildman–Crippen LogP) is 11.5. The summed E-state index contributed by atoms with van der Waals surface area (Å²) in [5, 5.41) is 11.5. The Kier molecular flexibility index (Phi) is 5.00. The second-order valence-corrected chi connectivity index (χ2v) is 11.7. The summed E-state index contributed by atoms with van der Waals surface area (Å²) in [6.45, 7) is 0. The van der Waals surface area contributed by atoms with Crippen LogP contribution in [0, 0.1) is 0 Å². The smallest absolute Gasteiger partial charge is 0.143 e. The molecule has 0 spiro atoms. The zero-order valence-electron chi connectivity index (χ0n) is 24.2. The first-order valence-corrected chi connectivity index (χ1v) is 15.2. The quantitative estimate of drug-likeness (QED) is 0.153. The van der Waals surface area contributed by atoms with Crippen LogP contribution in [0.4, 0.5) is 0 Å². The standard InChI is InChI=1S/C42H24N2O/c1-3-12-33-31(10-1)38(28-18-20-29-27(24-28)17-21-35-30-9-5-6-14-37(30)45-42(29)35)32-11-2-4-13-34(32)39(33)36-22-19-26-16-15-25-8-7-23-43-40(25)41(26)44-36/h1-24H. The molecule has 3 aromatic heterocycles. The van der Waals surface area contributed by atoms with E-state index < -0.39 is 0 Å². The maximum absolute atomic E-state index is 6.36. The van der Waals surface area contributed by atoms with Crippen LogP contribution in [-0.2, 0) is 0 Å². The van der Waals surface area contributed by atoms with Gasteiger partial charge in [-0.15, -0.1) is 0 Å². The van der Waals surface area contributed by atoms with E-state index in [1.165, 1.54) is 32.7 Å². The van der Waals surface area contributed by atoms with Gasteiger partial charge in [-0.1, -0.05) is 103 Å². The highest BCUT2D eigenvalue weighted by atomic mass is 16.3. The Morgan fingerprint density at radius 2 is 1.04 bits per heavy atom. The number of para-hydroxylation sites is 1. The molecule has 0 atom stereocenters. The minimum atomic E-state index is 0.919. The first-order valence-electron chi connectivity index (χ1n) is 15.2. The van der Waals surface area contributed by atoms with E-state index in [-0.39, 0.29) is 0 Å². The number of hydrogen-bond donors (Lipinski definition) is 0. The Morgan fingerprint density at radius 1 is 0.422 bits per heavy atom. The molecule has 3 heterocycles. The molecule has 3 heteroatoms. The van der Waals surface area contributed by atoms with Crippen LogP contribution in [-0.4, -0.2) is 9.97 Å². The van der Waals surface area contributed by atoms with Gasteiger partial charge < -0.3 is 4.42 Å². The summed E-state index contributed by atoms with van der Waals surface area (Å²) in [6.07, 6.45) is 1.85. The maximum Gasteiger partial charge on any atom is 0.143 e. The van der Waals surface area contributed by atoms with Gasteiger partial charge in [0, 0.05) is 38.7 Å². The highest BCUT2D eigenvalue weighted by Gasteiger charge is 2.19. The zero-order valence-corrected chi connectivity index (χ0v) is 24.2. The fraction of sp³-hybridized carbons (Fsp3) is 0. The Bertz CT molecular complexity index is 2770. The van der Waals surface area contributed by atoms with Crippen LogP contribution in [0.25, 0.3) is 98.4 Å². The molecule has 0 radical (unpaired) electrons. The van der Waals surface area contributed by atoms with Crippen LogP contribution in [0.2, 0.25) is 0 Å². The highest BCUT2D eigenvalue weighted by Crippen LogP contribution is 2.44. The van der Waals surface area contributed by atoms with Crippen molar-refractivity contribution in [2.45, 2.75) is 0 Å². The molecule has 7 aromatic carbocycles. The number of benzene rings is 7. The van der Waals surface area contributed by atoms with E-state index in [0.717, 1.165) is 65.8 Å². The Balaban J connectivity index is 1.26. The van der Waals surface area contributed by atoms with Gasteiger partial charge in [-0.05, 0) is 74.5 Å². The lowest BCUT2D eigenvalue weighted by Gasteiger charge is -2.18. The topological polar surface area (TPSA) is 38.9 Å². The lowest BCUT2D eigenvalue weighted by molar-refractivity contribution is 0.672. The molecule has 0 saturated carbocycles. The van der Waals surface area contributed by atoms with Crippen molar-refractivity contribution in [1.29, 1.82) is 0 Å². The summed E-state index contributed by atoms with van der Waals surface area (Å²) in [4.78, 5) is 10.0. The average Bonchev–Trinajstić information content (AvgIpc) is 3.49. The van der Waals surface area contributed by atoms with Gasteiger partial charge in [-0.25, -0.2) is 4.98 Å². The molecule has 0 aliphatic rings. The normalized spacial score (nSPS) is 12.0. The van der Waals surface area contributed by atoms with E-state index in [1.54, 1.807) is 0 Å². The molecule has 0 amide bonds.